The molecule has 0 radical (unpaired) electrons. The second-order valence-electron chi connectivity index (χ2n) is 5.75. The van der Waals surface area contributed by atoms with Crippen LogP contribution in [0.2, 0.25) is 0 Å². The Morgan fingerprint density at radius 2 is 1.72 bits per heavy atom. The third-order valence-electron chi connectivity index (χ3n) is 3.56. The van der Waals surface area contributed by atoms with E-state index in [1.165, 1.54) is 18.5 Å². The van der Waals surface area contributed by atoms with Crippen LogP contribution in [0, 0.1) is 17.0 Å². The Balaban J connectivity index is 1.85. The van der Waals surface area contributed by atoms with Gasteiger partial charge >= 0.3 is 12.0 Å². The number of rotatable bonds is 6. The van der Waals surface area contributed by atoms with Crippen molar-refractivity contribution in [1.29, 1.82) is 0 Å². The zero-order valence-corrected chi connectivity index (χ0v) is 15.6. The quantitative estimate of drug-likeness (QED) is 0.319. The number of aromatic nitrogens is 2. The van der Waals surface area contributed by atoms with Gasteiger partial charge in [-0.2, -0.15) is 0 Å². The molecular formula is C18H13F3N4O3S. The molecule has 0 unspecified atom stereocenters. The number of benzene rings is 2. The van der Waals surface area contributed by atoms with Crippen LogP contribution in [-0.4, -0.2) is 21.3 Å². The summed E-state index contributed by atoms with van der Waals surface area (Å²) < 4.78 is 40.5. The molecule has 7 nitrogen and oxygen atoms in total. The van der Waals surface area contributed by atoms with Gasteiger partial charge in [0, 0.05) is 10.6 Å². The van der Waals surface area contributed by atoms with E-state index >= 15 is 0 Å². The van der Waals surface area contributed by atoms with Crippen molar-refractivity contribution in [3.05, 3.63) is 70.5 Å². The normalized spacial score (nSPS) is 11.2. The minimum atomic E-state index is -4.80. The summed E-state index contributed by atoms with van der Waals surface area (Å²) >= 11 is 1.11. The Morgan fingerprint density at radius 1 is 1.07 bits per heavy atom. The van der Waals surface area contributed by atoms with Crippen LogP contribution in [0.1, 0.15) is 5.56 Å². The Labute approximate surface area is 167 Å². The third kappa shape index (κ3) is 5.57. The van der Waals surface area contributed by atoms with E-state index in [4.69, 9.17) is 0 Å². The molecular weight excluding hydrogens is 409 g/mol. The first-order valence-electron chi connectivity index (χ1n) is 8.08. The zero-order chi connectivity index (χ0) is 21.0. The molecule has 3 aromatic rings. The predicted octanol–water partition coefficient (Wildman–Crippen LogP) is 5.49. The smallest absolute Gasteiger partial charge is 0.406 e. The third-order valence-corrected chi connectivity index (χ3v) is 4.56. The molecule has 1 aromatic heterocycles. The molecule has 1 heterocycles. The average molecular weight is 422 g/mol. The molecule has 150 valence electrons. The molecule has 0 aliphatic carbocycles. The highest BCUT2D eigenvalue weighted by Crippen LogP contribution is 2.37. The largest absolute Gasteiger partial charge is 0.573 e. The van der Waals surface area contributed by atoms with Crippen molar-refractivity contribution < 1.29 is 22.8 Å². The first-order chi connectivity index (χ1) is 13.7. The van der Waals surface area contributed by atoms with Crippen molar-refractivity contribution in [2.24, 2.45) is 0 Å². The summed E-state index contributed by atoms with van der Waals surface area (Å²) in [7, 11) is 0. The van der Waals surface area contributed by atoms with E-state index in [9.17, 15) is 23.3 Å². The van der Waals surface area contributed by atoms with Crippen molar-refractivity contribution in [1.82, 2.24) is 9.97 Å². The highest BCUT2D eigenvalue weighted by atomic mass is 32.2. The highest BCUT2D eigenvalue weighted by Gasteiger charge is 2.31. The summed E-state index contributed by atoms with van der Waals surface area (Å²) in [6.45, 7) is 1.93. The SMILES string of the molecule is Cc1ccc(Sc2ncnc(Nc3ccc(OC(F)(F)F)cc3)c2[N+](=O)[O-])cc1. The standard InChI is InChI=1S/C18H13F3N4O3S/c1-11-2-8-14(9-3-11)29-17-15(25(26)27)16(22-10-23-17)24-12-4-6-13(7-5-12)28-18(19,20)21/h2-10H,1H3,(H,22,23,24). The van der Waals surface area contributed by atoms with E-state index in [0.29, 0.717) is 5.69 Å². The van der Waals surface area contributed by atoms with Crippen LogP contribution in [-0.2, 0) is 0 Å². The van der Waals surface area contributed by atoms with Crippen molar-refractivity contribution in [2.45, 2.75) is 23.2 Å². The van der Waals surface area contributed by atoms with Crippen LogP contribution in [0.3, 0.4) is 0 Å². The molecule has 0 saturated heterocycles. The molecule has 0 bridgehead atoms. The number of anilines is 2. The lowest BCUT2D eigenvalue weighted by Gasteiger charge is -2.11. The maximum Gasteiger partial charge on any atom is 0.573 e. The van der Waals surface area contributed by atoms with Crippen LogP contribution in [0.4, 0.5) is 30.4 Å². The van der Waals surface area contributed by atoms with Crippen LogP contribution in [0.5, 0.6) is 5.75 Å². The lowest BCUT2D eigenvalue weighted by atomic mass is 10.2. The fraction of sp³-hybridized carbons (Fsp3) is 0.111. The van der Waals surface area contributed by atoms with Gasteiger partial charge in [0.05, 0.1) is 4.92 Å². The van der Waals surface area contributed by atoms with E-state index in [-0.39, 0.29) is 16.5 Å². The number of halogens is 3. The number of ether oxygens (including phenoxy) is 1. The first kappa shape index (κ1) is 20.4. The van der Waals surface area contributed by atoms with Gasteiger partial charge in [0.2, 0.25) is 5.82 Å². The molecule has 0 spiro atoms. The lowest BCUT2D eigenvalue weighted by molar-refractivity contribution is -0.387. The van der Waals surface area contributed by atoms with Crippen molar-refractivity contribution >= 4 is 29.0 Å². The molecule has 0 aliphatic heterocycles. The van der Waals surface area contributed by atoms with Gasteiger partial charge < -0.3 is 10.1 Å². The zero-order valence-electron chi connectivity index (χ0n) is 14.8. The van der Waals surface area contributed by atoms with Gasteiger partial charge in [-0.3, -0.25) is 10.1 Å². The van der Waals surface area contributed by atoms with Gasteiger partial charge in [-0.1, -0.05) is 29.5 Å². The number of alkyl halides is 3. The molecule has 0 aliphatic rings. The second kappa shape index (κ2) is 8.35. The number of nitro groups is 1. The minimum Gasteiger partial charge on any atom is -0.406 e. The van der Waals surface area contributed by atoms with E-state index < -0.39 is 17.0 Å². The molecule has 11 heteroatoms. The topological polar surface area (TPSA) is 90.2 Å². The van der Waals surface area contributed by atoms with E-state index in [1.54, 1.807) is 0 Å². The maximum atomic E-state index is 12.2. The van der Waals surface area contributed by atoms with Crippen molar-refractivity contribution in [3.8, 4) is 5.75 Å². The first-order valence-corrected chi connectivity index (χ1v) is 8.90. The van der Waals surface area contributed by atoms with E-state index in [2.05, 4.69) is 20.0 Å². The Hall–Kier alpha value is -3.34. The summed E-state index contributed by atoms with van der Waals surface area (Å²) in [5, 5.41) is 14.5. The van der Waals surface area contributed by atoms with Crippen molar-refractivity contribution in [3.63, 3.8) is 0 Å². The van der Waals surface area contributed by atoms with Crippen LogP contribution in [0.15, 0.2) is 64.8 Å². The van der Waals surface area contributed by atoms with Crippen LogP contribution < -0.4 is 10.1 Å². The Morgan fingerprint density at radius 3 is 2.31 bits per heavy atom. The summed E-state index contributed by atoms with van der Waals surface area (Å²) in [6.07, 6.45) is -3.63. The van der Waals surface area contributed by atoms with Gasteiger partial charge in [0.1, 0.15) is 12.1 Å². The summed E-state index contributed by atoms with van der Waals surface area (Å²) in [5.74, 6) is -0.486. The molecule has 0 fully saturated rings. The minimum absolute atomic E-state index is 0.0795. The number of hydrogen-bond donors (Lipinski definition) is 1. The fourth-order valence-electron chi connectivity index (χ4n) is 2.29. The van der Waals surface area contributed by atoms with Crippen molar-refractivity contribution in [2.75, 3.05) is 5.32 Å². The molecule has 3 rings (SSSR count). The predicted molar refractivity (Wildman–Crippen MR) is 100 cm³/mol. The van der Waals surface area contributed by atoms with Crippen LogP contribution in [0.25, 0.3) is 0 Å². The van der Waals surface area contributed by atoms with Crippen LogP contribution >= 0.6 is 11.8 Å². The fourth-order valence-corrected chi connectivity index (χ4v) is 3.15. The number of hydrogen-bond acceptors (Lipinski definition) is 7. The van der Waals surface area contributed by atoms with Gasteiger partial charge in [-0.15, -0.1) is 13.2 Å². The number of nitrogens with zero attached hydrogens (tertiary/aromatic N) is 3. The molecule has 0 atom stereocenters. The molecule has 29 heavy (non-hydrogen) atoms. The Kier molecular flexibility index (Phi) is 5.87. The highest BCUT2D eigenvalue weighted by molar-refractivity contribution is 7.99. The molecule has 0 saturated carbocycles. The lowest BCUT2D eigenvalue weighted by Crippen LogP contribution is -2.17. The maximum absolute atomic E-state index is 12.2. The molecule has 0 amide bonds. The summed E-state index contributed by atoms with van der Waals surface area (Å²) in [6, 6.07) is 12.1. The molecule has 1 N–H and O–H groups in total. The Bertz CT molecular complexity index is 1010. The summed E-state index contributed by atoms with van der Waals surface area (Å²) in [5.41, 5.74) is 1.01. The number of nitrogens with one attached hydrogen (secondary N) is 1. The molecule has 2 aromatic carbocycles. The van der Waals surface area contributed by atoms with E-state index in [0.717, 1.165) is 34.4 Å². The average Bonchev–Trinajstić information content (AvgIpc) is 2.64. The number of aryl methyl sites for hydroxylation is 1. The van der Waals surface area contributed by atoms with E-state index in [1.807, 2.05) is 31.2 Å². The van der Waals surface area contributed by atoms with Gasteiger partial charge in [0.15, 0.2) is 5.03 Å². The van der Waals surface area contributed by atoms with Gasteiger partial charge in [-0.25, -0.2) is 9.97 Å². The summed E-state index contributed by atoms with van der Waals surface area (Å²) in [4.78, 5) is 19.7. The van der Waals surface area contributed by atoms with Gasteiger partial charge in [0.25, 0.3) is 0 Å². The van der Waals surface area contributed by atoms with Gasteiger partial charge in [-0.05, 0) is 43.3 Å². The second-order valence-corrected chi connectivity index (χ2v) is 6.81. The monoisotopic (exact) mass is 422 g/mol.